The summed E-state index contributed by atoms with van der Waals surface area (Å²) >= 11 is 0. The molecule has 1 amide bonds. The van der Waals surface area contributed by atoms with E-state index in [0.29, 0.717) is 38.3 Å². The molecule has 0 aromatic rings. The van der Waals surface area contributed by atoms with Crippen molar-refractivity contribution in [2.45, 2.75) is 52.5 Å². The molecule has 1 aliphatic carbocycles. The van der Waals surface area contributed by atoms with Crippen LogP contribution < -0.4 is 0 Å². The summed E-state index contributed by atoms with van der Waals surface area (Å²) in [4.78, 5) is 26.1. The highest BCUT2D eigenvalue weighted by atomic mass is 31.2. The highest BCUT2D eigenvalue weighted by Gasteiger charge is 2.45. The van der Waals surface area contributed by atoms with Crippen LogP contribution in [0.15, 0.2) is 0 Å². The number of carbonyl (C=O) groups excluding carboxylic acids is 2. The van der Waals surface area contributed by atoms with Gasteiger partial charge < -0.3 is 18.5 Å². The Kier molecular flexibility index (Phi) is 8.78. The SMILES string of the molecule is CCOC(=O)[C@@H]1C[C@H]2CC(CP(=O)(OCC)OCC)CC[C@@H]2CN1C(=O)OC. The van der Waals surface area contributed by atoms with Gasteiger partial charge in [0, 0.05) is 6.54 Å². The van der Waals surface area contributed by atoms with E-state index in [-0.39, 0.29) is 24.4 Å². The molecule has 1 unspecified atom stereocenters. The highest BCUT2D eigenvalue weighted by Crippen LogP contribution is 2.53. The fourth-order valence-electron chi connectivity index (χ4n) is 4.55. The van der Waals surface area contributed by atoms with E-state index < -0.39 is 19.7 Å². The Morgan fingerprint density at radius 2 is 1.68 bits per heavy atom. The van der Waals surface area contributed by atoms with E-state index in [4.69, 9.17) is 18.5 Å². The van der Waals surface area contributed by atoms with E-state index in [1.807, 2.05) is 13.8 Å². The van der Waals surface area contributed by atoms with Crippen molar-refractivity contribution in [3.05, 3.63) is 0 Å². The summed E-state index contributed by atoms with van der Waals surface area (Å²) in [6, 6.07) is -0.627. The first-order chi connectivity index (χ1) is 13.4. The van der Waals surface area contributed by atoms with Gasteiger partial charge in [-0.25, -0.2) is 9.59 Å². The number of esters is 1. The number of carbonyl (C=O) groups is 2. The maximum absolute atomic E-state index is 12.9. The maximum Gasteiger partial charge on any atom is 0.410 e. The third-order valence-corrected chi connectivity index (χ3v) is 7.95. The zero-order valence-corrected chi connectivity index (χ0v) is 18.3. The first-order valence-corrected chi connectivity index (χ1v) is 12.0. The second-order valence-electron chi connectivity index (χ2n) is 7.45. The zero-order valence-electron chi connectivity index (χ0n) is 17.4. The van der Waals surface area contributed by atoms with Crippen molar-refractivity contribution in [2.24, 2.45) is 17.8 Å². The second-order valence-corrected chi connectivity index (χ2v) is 9.56. The van der Waals surface area contributed by atoms with Gasteiger partial charge in [-0.1, -0.05) is 0 Å². The summed E-state index contributed by atoms with van der Waals surface area (Å²) in [7, 11) is -1.76. The largest absolute Gasteiger partial charge is 0.464 e. The standard InChI is InChI=1S/C19H34NO7P/c1-5-25-18(21)17-11-16-10-14(13-28(23,26-6-2)27-7-3)8-9-15(16)12-20(17)19(22)24-4/h14-17H,5-13H2,1-4H3/t14?,15-,16-,17+/m1/s1. The van der Waals surface area contributed by atoms with Crippen LogP contribution in [0.4, 0.5) is 4.79 Å². The Labute approximate surface area is 167 Å². The van der Waals surface area contributed by atoms with Gasteiger partial charge in [0.05, 0.1) is 33.1 Å². The average Bonchev–Trinajstić information content (AvgIpc) is 2.66. The van der Waals surface area contributed by atoms with Crippen molar-refractivity contribution in [3.63, 3.8) is 0 Å². The molecule has 1 saturated heterocycles. The first-order valence-electron chi connectivity index (χ1n) is 10.3. The number of hydrogen-bond donors (Lipinski definition) is 0. The number of hydrogen-bond acceptors (Lipinski definition) is 7. The Morgan fingerprint density at radius 1 is 1.00 bits per heavy atom. The van der Waals surface area contributed by atoms with Gasteiger partial charge in [-0.3, -0.25) is 9.46 Å². The lowest BCUT2D eigenvalue weighted by atomic mass is 9.69. The van der Waals surface area contributed by atoms with Gasteiger partial charge in [-0.2, -0.15) is 0 Å². The number of amides is 1. The van der Waals surface area contributed by atoms with Crippen LogP contribution in [0.5, 0.6) is 0 Å². The Balaban J connectivity index is 2.08. The van der Waals surface area contributed by atoms with Crippen LogP contribution >= 0.6 is 7.60 Å². The zero-order chi connectivity index (χ0) is 20.7. The number of piperidine rings is 1. The molecular weight excluding hydrogens is 385 g/mol. The van der Waals surface area contributed by atoms with Crippen molar-refractivity contribution in [3.8, 4) is 0 Å². The van der Waals surface area contributed by atoms with E-state index in [1.165, 1.54) is 12.0 Å². The fraction of sp³-hybridized carbons (Fsp3) is 0.895. The second kappa shape index (κ2) is 10.6. The lowest BCUT2D eigenvalue weighted by molar-refractivity contribution is -0.152. The number of ether oxygens (including phenoxy) is 2. The molecule has 28 heavy (non-hydrogen) atoms. The van der Waals surface area contributed by atoms with Gasteiger partial charge in [0.1, 0.15) is 6.04 Å². The number of fused-ring (bicyclic) bond motifs is 1. The van der Waals surface area contributed by atoms with Gasteiger partial charge in [-0.05, 0) is 64.2 Å². The maximum atomic E-state index is 12.9. The van der Waals surface area contributed by atoms with E-state index in [1.54, 1.807) is 6.92 Å². The van der Waals surface area contributed by atoms with Crippen LogP contribution in [-0.2, 0) is 27.9 Å². The molecule has 9 heteroatoms. The minimum absolute atomic E-state index is 0.220. The van der Waals surface area contributed by atoms with E-state index in [2.05, 4.69) is 0 Å². The molecule has 2 rings (SSSR count). The monoisotopic (exact) mass is 419 g/mol. The molecule has 0 bridgehead atoms. The predicted octanol–water partition coefficient (Wildman–Crippen LogP) is 3.69. The topological polar surface area (TPSA) is 91.4 Å². The van der Waals surface area contributed by atoms with Crippen LogP contribution in [0, 0.1) is 17.8 Å². The lowest BCUT2D eigenvalue weighted by Crippen LogP contribution is -2.55. The molecule has 2 aliphatic rings. The van der Waals surface area contributed by atoms with E-state index in [9.17, 15) is 14.2 Å². The van der Waals surface area contributed by atoms with Gasteiger partial charge in [0.2, 0.25) is 0 Å². The fourth-order valence-corrected chi connectivity index (χ4v) is 6.58. The first kappa shape index (κ1) is 23.2. The van der Waals surface area contributed by atoms with Crippen molar-refractivity contribution in [1.82, 2.24) is 4.90 Å². The number of rotatable bonds is 8. The average molecular weight is 419 g/mol. The normalized spacial score (nSPS) is 27.8. The van der Waals surface area contributed by atoms with Crippen molar-refractivity contribution >= 4 is 19.7 Å². The summed E-state index contributed by atoms with van der Waals surface area (Å²) in [5, 5.41) is 0. The molecule has 2 fully saturated rings. The van der Waals surface area contributed by atoms with Crippen molar-refractivity contribution in [1.29, 1.82) is 0 Å². The van der Waals surface area contributed by atoms with Crippen molar-refractivity contribution < 1.29 is 32.7 Å². The molecule has 0 spiro atoms. The molecule has 4 atom stereocenters. The van der Waals surface area contributed by atoms with Crippen LogP contribution in [-0.4, -0.2) is 62.6 Å². The summed E-state index contributed by atoms with van der Waals surface area (Å²) < 4.78 is 33.9. The van der Waals surface area contributed by atoms with Crippen molar-refractivity contribution in [2.75, 3.05) is 39.6 Å². The number of nitrogens with zero attached hydrogens (tertiary/aromatic N) is 1. The third-order valence-electron chi connectivity index (χ3n) is 5.68. The molecule has 162 valence electrons. The minimum Gasteiger partial charge on any atom is -0.464 e. The van der Waals surface area contributed by atoms with Crippen LogP contribution in [0.2, 0.25) is 0 Å². The summed E-state index contributed by atoms with van der Waals surface area (Å²) in [6.45, 7) is 6.85. The molecule has 1 saturated carbocycles. The van der Waals surface area contributed by atoms with Crippen LogP contribution in [0.1, 0.15) is 46.5 Å². The summed E-state index contributed by atoms with van der Waals surface area (Å²) in [5.74, 6) is 0.408. The number of methoxy groups -OCH3 is 1. The van der Waals surface area contributed by atoms with Crippen LogP contribution in [0.25, 0.3) is 0 Å². The van der Waals surface area contributed by atoms with Gasteiger partial charge >= 0.3 is 19.7 Å². The summed E-state index contributed by atoms with van der Waals surface area (Å²) in [5.41, 5.74) is 0. The van der Waals surface area contributed by atoms with Gasteiger partial charge in [0.15, 0.2) is 0 Å². The van der Waals surface area contributed by atoms with E-state index >= 15 is 0 Å². The smallest absolute Gasteiger partial charge is 0.410 e. The quantitative estimate of drug-likeness (QED) is 0.438. The molecule has 8 nitrogen and oxygen atoms in total. The van der Waals surface area contributed by atoms with Crippen LogP contribution in [0.3, 0.4) is 0 Å². The molecular formula is C19H34NO7P. The number of likely N-dealkylation sites (tertiary alicyclic amines) is 1. The lowest BCUT2D eigenvalue weighted by Gasteiger charge is -2.46. The molecule has 0 radical (unpaired) electrons. The highest BCUT2D eigenvalue weighted by molar-refractivity contribution is 7.53. The third kappa shape index (κ3) is 5.71. The molecule has 0 aromatic heterocycles. The Hall–Kier alpha value is -1.11. The molecule has 0 N–H and O–H groups in total. The predicted molar refractivity (Wildman–Crippen MR) is 104 cm³/mol. The Bertz CT molecular complexity index is 575. The molecule has 0 aromatic carbocycles. The minimum atomic E-state index is -3.09. The summed E-state index contributed by atoms with van der Waals surface area (Å²) in [6.07, 6.45) is 3.13. The molecule has 1 heterocycles. The van der Waals surface area contributed by atoms with Gasteiger partial charge in [-0.15, -0.1) is 0 Å². The molecule has 1 aliphatic heterocycles. The Morgan fingerprint density at radius 3 is 2.25 bits per heavy atom. The van der Waals surface area contributed by atoms with Gasteiger partial charge in [0.25, 0.3) is 0 Å². The van der Waals surface area contributed by atoms with E-state index in [0.717, 1.165) is 19.3 Å².